The first-order chi connectivity index (χ1) is 10.0. The van der Waals surface area contributed by atoms with Crippen molar-refractivity contribution in [3.05, 3.63) is 57.5 Å². The molecule has 0 saturated heterocycles. The Morgan fingerprint density at radius 1 is 1.38 bits per heavy atom. The summed E-state index contributed by atoms with van der Waals surface area (Å²) in [5.74, 6) is -0.463. The maximum absolute atomic E-state index is 12.0. The average Bonchev–Trinajstić information content (AvgIpc) is 2.43. The monoisotopic (exact) mass is 286 g/mol. The third kappa shape index (κ3) is 3.47. The van der Waals surface area contributed by atoms with Crippen LogP contribution < -0.4 is 16.6 Å². The number of rotatable bonds is 5. The number of aryl methyl sites for hydroxylation is 1. The van der Waals surface area contributed by atoms with Gasteiger partial charge in [-0.05, 0) is 37.1 Å². The molecule has 2 aromatic rings. The summed E-state index contributed by atoms with van der Waals surface area (Å²) in [5, 5.41) is 7.18. The molecule has 0 aliphatic rings. The smallest absolute Gasteiger partial charge is 0.269 e. The number of anilines is 1. The lowest BCUT2D eigenvalue weighted by Crippen LogP contribution is -2.23. The van der Waals surface area contributed by atoms with Crippen LogP contribution in [0.15, 0.2) is 35.3 Å². The van der Waals surface area contributed by atoms with Crippen LogP contribution in [0.25, 0.3) is 0 Å². The van der Waals surface area contributed by atoms with E-state index in [9.17, 15) is 9.59 Å². The van der Waals surface area contributed by atoms with Crippen LogP contribution in [0.5, 0.6) is 0 Å². The van der Waals surface area contributed by atoms with Gasteiger partial charge in [-0.15, -0.1) is 0 Å². The van der Waals surface area contributed by atoms with Crippen molar-refractivity contribution >= 4 is 11.6 Å². The second kappa shape index (κ2) is 6.21. The molecule has 0 unspecified atom stereocenters. The van der Waals surface area contributed by atoms with E-state index in [1.807, 2.05) is 13.8 Å². The summed E-state index contributed by atoms with van der Waals surface area (Å²) in [4.78, 5) is 23.1. The molecule has 1 heterocycles. The summed E-state index contributed by atoms with van der Waals surface area (Å²) in [6.07, 6.45) is 1.62. The summed E-state index contributed by atoms with van der Waals surface area (Å²) in [5.41, 5.74) is 8.05. The number of hydrogen-bond acceptors (Lipinski definition) is 4. The number of nitrogens with zero attached hydrogens (tertiary/aromatic N) is 2. The standard InChI is InChI=1S/C15H18N4O2/c1-3-17-13-7-14(20)19(18-8-13)9-12-5-4-11(15(16)21)6-10(12)2/h4-8,17H,3,9H2,1-2H3,(H2,16,21). The van der Waals surface area contributed by atoms with Crippen molar-refractivity contribution in [3.8, 4) is 0 Å². The topological polar surface area (TPSA) is 90.0 Å². The second-order valence-electron chi connectivity index (χ2n) is 4.78. The largest absolute Gasteiger partial charge is 0.384 e. The van der Waals surface area contributed by atoms with Crippen molar-refractivity contribution in [1.82, 2.24) is 9.78 Å². The van der Waals surface area contributed by atoms with Gasteiger partial charge in [-0.25, -0.2) is 4.68 Å². The van der Waals surface area contributed by atoms with Gasteiger partial charge in [0.25, 0.3) is 5.56 Å². The fourth-order valence-corrected chi connectivity index (χ4v) is 2.04. The van der Waals surface area contributed by atoms with E-state index in [0.29, 0.717) is 17.8 Å². The quantitative estimate of drug-likeness (QED) is 0.862. The Hall–Kier alpha value is -2.63. The predicted molar refractivity (Wildman–Crippen MR) is 81.5 cm³/mol. The van der Waals surface area contributed by atoms with Crippen LogP contribution >= 0.6 is 0 Å². The number of nitrogens with two attached hydrogens (primary N) is 1. The van der Waals surface area contributed by atoms with Gasteiger partial charge in [0.15, 0.2) is 0 Å². The fourth-order valence-electron chi connectivity index (χ4n) is 2.04. The van der Waals surface area contributed by atoms with Gasteiger partial charge in [0, 0.05) is 18.2 Å². The molecule has 0 atom stereocenters. The summed E-state index contributed by atoms with van der Waals surface area (Å²) in [7, 11) is 0. The minimum absolute atomic E-state index is 0.174. The molecule has 0 bridgehead atoms. The summed E-state index contributed by atoms with van der Waals surface area (Å²) < 4.78 is 1.38. The van der Waals surface area contributed by atoms with Gasteiger partial charge in [-0.1, -0.05) is 6.07 Å². The van der Waals surface area contributed by atoms with Crippen LogP contribution in [0.3, 0.4) is 0 Å². The zero-order valence-electron chi connectivity index (χ0n) is 12.1. The second-order valence-corrected chi connectivity index (χ2v) is 4.78. The van der Waals surface area contributed by atoms with Gasteiger partial charge in [-0.3, -0.25) is 9.59 Å². The average molecular weight is 286 g/mol. The molecular weight excluding hydrogens is 268 g/mol. The highest BCUT2D eigenvalue weighted by molar-refractivity contribution is 5.93. The molecule has 21 heavy (non-hydrogen) atoms. The number of amides is 1. The minimum Gasteiger partial charge on any atom is -0.384 e. The van der Waals surface area contributed by atoms with Gasteiger partial charge in [0.1, 0.15) is 0 Å². The predicted octanol–water partition coefficient (Wildman–Crippen LogP) is 1.13. The van der Waals surface area contributed by atoms with Crippen molar-refractivity contribution in [1.29, 1.82) is 0 Å². The zero-order valence-corrected chi connectivity index (χ0v) is 12.1. The molecule has 6 heteroatoms. The number of carbonyl (C=O) groups excluding carboxylic acids is 1. The van der Waals surface area contributed by atoms with E-state index in [2.05, 4.69) is 10.4 Å². The van der Waals surface area contributed by atoms with Crippen molar-refractivity contribution in [2.24, 2.45) is 5.73 Å². The van der Waals surface area contributed by atoms with Crippen molar-refractivity contribution < 1.29 is 4.79 Å². The summed E-state index contributed by atoms with van der Waals surface area (Å²) >= 11 is 0. The molecule has 1 aromatic carbocycles. The van der Waals surface area contributed by atoms with E-state index in [1.54, 1.807) is 24.4 Å². The highest BCUT2D eigenvalue weighted by Gasteiger charge is 2.06. The van der Waals surface area contributed by atoms with Crippen molar-refractivity contribution in [3.63, 3.8) is 0 Å². The highest BCUT2D eigenvalue weighted by Crippen LogP contribution is 2.12. The Kier molecular flexibility index (Phi) is 4.37. The normalized spacial score (nSPS) is 10.4. The molecule has 110 valence electrons. The third-order valence-electron chi connectivity index (χ3n) is 3.20. The summed E-state index contributed by atoms with van der Waals surface area (Å²) in [6, 6.07) is 6.68. The van der Waals surface area contributed by atoms with E-state index < -0.39 is 5.91 Å². The molecule has 2 rings (SSSR count). The minimum atomic E-state index is -0.463. The SMILES string of the molecule is CCNc1cnn(Cc2ccc(C(N)=O)cc2C)c(=O)c1. The molecule has 0 radical (unpaired) electrons. The Morgan fingerprint density at radius 2 is 2.14 bits per heavy atom. The van der Waals surface area contributed by atoms with E-state index in [1.165, 1.54) is 10.7 Å². The Labute approximate surface area is 122 Å². The zero-order chi connectivity index (χ0) is 15.4. The maximum atomic E-state index is 12.0. The first-order valence-corrected chi connectivity index (χ1v) is 6.71. The molecular formula is C15H18N4O2. The van der Waals surface area contributed by atoms with Crippen molar-refractivity contribution in [2.45, 2.75) is 20.4 Å². The highest BCUT2D eigenvalue weighted by atomic mass is 16.1. The van der Waals surface area contributed by atoms with Crippen LogP contribution in [0.2, 0.25) is 0 Å². The molecule has 0 spiro atoms. The molecule has 3 N–H and O–H groups in total. The van der Waals surface area contributed by atoms with Gasteiger partial charge in [0.2, 0.25) is 5.91 Å². The first kappa shape index (κ1) is 14.8. The Balaban J connectivity index is 2.26. The lowest BCUT2D eigenvalue weighted by Gasteiger charge is -2.09. The van der Waals surface area contributed by atoms with Gasteiger partial charge < -0.3 is 11.1 Å². The molecule has 0 fully saturated rings. The van der Waals surface area contributed by atoms with Crippen LogP contribution in [0.1, 0.15) is 28.4 Å². The van der Waals surface area contributed by atoms with Crippen LogP contribution in [-0.2, 0) is 6.54 Å². The number of primary amides is 1. The fraction of sp³-hybridized carbons (Fsp3) is 0.267. The van der Waals surface area contributed by atoms with E-state index in [-0.39, 0.29) is 5.56 Å². The van der Waals surface area contributed by atoms with Gasteiger partial charge in [0.05, 0.1) is 18.4 Å². The number of nitrogens with one attached hydrogen (secondary N) is 1. The van der Waals surface area contributed by atoms with Crippen LogP contribution in [0, 0.1) is 6.92 Å². The van der Waals surface area contributed by atoms with Gasteiger partial charge in [-0.2, -0.15) is 5.10 Å². The van der Waals surface area contributed by atoms with E-state index in [4.69, 9.17) is 5.73 Å². The molecule has 1 amide bonds. The number of benzene rings is 1. The molecule has 0 saturated carbocycles. The number of carbonyl (C=O) groups is 1. The summed E-state index contributed by atoms with van der Waals surface area (Å²) in [6.45, 7) is 4.92. The molecule has 0 aliphatic heterocycles. The Morgan fingerprint density at radius 3 is 2.71 bits per heavy atom. The third-order valence-corrected chi connectivity index (χ3v) is 3.20. The lowest BCUT2D eigenvalue weighted by atomic mass is 10.0. The van der Waals surface area contributed by atoms with Crippen molar-refractivity contribution in [2.75, 3.05) is 11.9 Å². The van der Waals surface area contributed by atoms with Gasteiger partial charge >= 0.3 is 0 Å². The lowest BCUT2D eigenvalue weighted by molar-refractivity contribution is 0.1000. The Bertz CT molecular complexity index is 722. The van der Waals surface area contributed by atoms with E-state index in [0.717, 1.165) is 17.7 Å². The molecule has 0 aliphatic carbocycles. The number of aromatic nitrogens is 2. The first-order valence-electron chi connectivity index (χ1n) is 6.71. The van der Waals surface area contributed by atoms with Crippen LogP contribution in [-0.4, -0.2) is 22.2 Å². The number of hydrogen-bond donors (Lipinski definition) is 2. The maximum Gasteiger partial charge on any atom is 0.269 e. The molecule has 1 aromatic heterocycles. The van der Waals surface area contributed by atoms with Crippen LogP contribution in [0.4, 0.5) is 5.69 Å². The molecule has 6 nitrogen and oxygen atoms in total. The van der Waals surface area contributed by atoms with E-state index >= 15 is 0 Å².